The molecule has 2 fully saturated rings. The molecule has 2 amide bonds. The topological polar surface area (TPSA) is 88.3 Å². The number of carbonyl (C=O) groups excluding carboxylic acids is 2. The van der Waals surface area contributed by atoms with Gasteiger partial charge in [0, 0.05) is 36.9 Å². The summed E-state index contributed by atoms with van der Waals surface area (Å²) in [7, 11) is 0. The zero-order valence-electron chi connectivity index (χ0n) is 10.5. The van der Waals surface area contributed by atoms with Gasteiger partial charge in [-0.05, 0) is 12.8 Å². The van der Waals surface area contributed by atoms with Gasteiger partial charge in [0.2, 0.25) is 5.91 Å². The largest absolute Gasteiger partial charge is 0.375 e. The molecule has 2 heterocycles. The van der Waals surface area contributed by atoms with Crippen LogP contribution in [0, 0.1) is 5.92 Å². The Hall–Kier alpha value is -1.63. The van der Waals surface area contributed by atoms with Gasteiger partial charge in [0.25, 0.3) is 5.91 Å². The number of anilines is 1. The summed E-state index contributed by atoms with van der Waals surface area (Å²) in [4.78, 5) is 29.5. The first-order valence-corrected chi connectivity index (χ1v) is 7.30. The first kappa shape index (κ1) is 12.4. The van der Waals surface area contributed by atoms with E-state index in [2.05, 4.69) is 10.3 Å². The van der Waals surface area contributed by atoms with Crippen molar-refractivity contribution in [1.82, 2.24) is 15.2 Å². The minimum atomic E-state index is -0.217. The molecule has 0 aromatic carbocycles. The molecular formula is C12H16N4O2S. The fourth-order valence-electron chi connectivity index (χ4n) is 2.40. The van der Waals surface area contributed by atoms with Gasteiger partial charge in [0.1, 0.15) is 5.69 Å². The molecule has 1 aliphatic carbocycles. The summed E-state index contributed by atoms with van der Waals surface area (Å²) in [5.74, 6) is 0.220. The molecule has 3 N–H and O–H groups in total. The molecule has 0 bridgehead atoms. The van der Waals surface area contributed by atoms with Gasteiger partial charge >= 0.3 is 0 Å². The molecule has 0 radical (unpaired) electrons. The van der Waals surface area contributed by atoms with Crippen molar-refractivity contribution in [3.8, 4) is 0 Å². The summed E-state index contributed by atoms with van der Waals surface area (Å²) in [5.41, 5.74) is 5.84. The maximum absolute atomic E-state index is 11.8. The van der Waals surface area contributed by atoms with Crippen LogP contribution in [0.25, 0.3) is 0 Å². The molecule has 1 saturated heterocycles. The predicted molar refractivity (Wildman–Crippen MR) is 71.7 cm³/mol. The maximum atomic E-state index is 11.8. The van der Waals surface area contributed by atoms with Crippen LogP contribution >= 0.6 is 11.3 Å². The van der Waals surface area contributed by atoms with Crippen LogP contribution in [-0.2, 0) is 4.79 Å². The molecule has 102 valence electrons. The van der Waals surface area contributed by atoms with E-state index in [0.717, 1.165) is 19.4 Å². The van der Waals surface area contributed by atoms with Crippen molar-refractivity contribution >= 4 is 28.3 Å². The smallest absolute Gasteiger partial charge is 0.270 e. The van der Waals surface area contributed by atoms with Crippen LogP contribution in [0.15, 0.2) is 5.38 Å². The third-order valence-corrected chi connectivity index (χ3v) is 4.21. The van der Waals surface area contributed by atoms with Gasteiger partial charge in [0.05, 0.1) is 0 Å². The highest BCUT2D eigenvalue weighted by Crippen LogP contribution is 2.32. The normalized spacial score (nSPS) is 22.8. The number of nitrogen functional groups attached to an aromatic ring is 1. The van der Waals surface area contributed by atoms with E-state index in [-0.39, 0.29) is 17.7 Å². The fraction of sp³-hybridized carbons (Fsp3) is 0.583. The first-order valence-electron chi connectivity index (χ1n) is 6.42. The molecular weight excluding hydrogens is 264 g/mol. The average Bonchev–Trinajstić information content (AvgIpc) is 3.03. The second-order valence-electron chi connectivity index (χ2n) is 5.13. The minimum absolute atomic E-state index is 0.216. The summed E-state index contributed by atoms with van der Waals surface area (Å²) in [6.45, 7) is 1.29. The van der Waals surface area contributed by atoms with E-state index in [9.17, 15) is 9.59 Å². The van der Waals surface area contributed by atoms with Crippen molar-refractivity contribution in [1.29, 1.82) is 0 Å². The Bertz CT molecular complexity index is 512. The minimum Gasteiger partial charge on any atom is -0.375 e. The molecule has 6 nitrogen and oxygen atoms in total. The van der Waals surface area contributed by atoms with Gasteiger partial charge in [0.15, 0.2) is 5.13 Å². The van der Waals surface area contributed by atoms with Gasteiger partial charge in [-0.2, -0.15) is 0 Å². The van der Waals surface area contributed by atoms with Gasteiger partial charge < -0.3 is 16.0 Å². The van der Waals surface area contributed by atoms with E-state index < -0.39 is 0 Å². The van der Waals surface area contributed by atoms with Crippen LogP contribution in [0.1, 0.15) is 29.8 Å². The second kappa shape index (κ2) is 4.80. The van der Waals surface area contributed by atoms with Gasteiger partial charge in [-0.15, -0.1) is 11.3 Å². The number of hydrogen-bond acceptors (Lipinski definition) is 5. The highest BCUT2D eigenvalue weighted by atomic mass is 32.1. The molecule has 2 aliphatic rings. The number of nitrogens with two attached hydrogens (primary N) is 1. The lowest BCUT2D eigenvalue weighted by molar-refractivity contribution is -0.128. The monoisotopic (exact) mass is 280 g/mol. The van der Waals surface area contributed by atoms with E-state index in [1.165, 1.54) is 11.3 Å². The highest BCUT2D eigenvalue weighted by molar-refractivity contribution is 7.13. The lowest BCUT2D eigenvalue weighted by atomic mass is 10.1. The summed E-state index contributed by atoms with van der Waals surface area (Å²) >= 11 is 1.25. The van der Waals surface area contributed by atoms with E-state index in [4.69, 9.17) is 5.73 Å². The average molecular weight is 280 g/mol. The van der Waals surface area contributed by atoms with Crippen molar-refractivity contribution < 1.29 is 9.59 Å². The highest BCUT2D eigenvalue weighted by Gasteiger charge is 2.39. The summed E-state index contributed by atoms with van der Waals surface area (Å²) in [6, 6.07) is 0.464. The van der Waals surface area contributed by atoms with Crippen molar-refractivity contribution in [3.05, 3.63) is 11.1 Å². The molecule has 7 heteroatoms. The number of amides is 2. The molecule has 0 spiro atoms. The zero-order valence-corrected chi connectivity index (χ0v) is 11.3. The first-order chi connectivity index (χ1) is 9.13. The lowest BCUT2D eigenvalue weighted by Crippen LogP contribution is -2.32. The number of nitrogens with zero attached hydrogens (tertiary/aromatic N) is 2. The predicted octanol–water partition coefficient (Wildman–Crippen LogP) is 0.466. The van der Waals surface area contributed by atoms with Crippen molar-refractivity contribution in [2.24, 2.45) is 5.92 Å². The molecule has 1 aromatic rings. The fourth-order valence-corrected chi connectivity index (χ4v) is 2.95. The zero-order chi connectivity index (χ0) is 13.4. The van der Waals surface area contributed by atoms with Crippen LogP contribution in [0.4, 0.5) is 5.13 Å². The van der Waals surface area contributed by atoms with E-state index >= 15 is 0 Å². The molecule has 1 aromatic heterocycles. The van der Waals surface area contributed by atoms with Crippen LogP contribution in [0.2, 0.25) is 0 Å². The SMILES string of the molecule is Nc1nc(C(=O)NC[C@H]2CC(=O)N(C3CC3)C2)cs1. The van der Waals surface area contributed by atoms with Gasteiger partial charge in [-0.1, -0.05) is 0 Å². The molecule has 1 aliphatic heterocycles. The number of thiazole rings is 1. The number of nitrogens with one attached hydrogen (secondary N) is 1. The third-order valence-electron chi connectivity index (χ3n) is 3.53. The van der Waals surface area contributed by atoms with E-state index in [1.54, 1.807) is 5.38 Å². The summed E-state index contributed by atoms with van der Waals surface area (Å²) in [5, 5.41) is 4.86. The molecule has 19 heavy (non-hydrogen) atoms. The van der Waals surface area contributed by atoms with Crippen LogP contribution in [0.5, 0.6) is 0 Å². The molecule has 3 rings (SSSR count). The van der Waals surface area contributed by atoms with E-state index in [0.29, 0.717) is 29.8 Å². The van der Waals surface area contributed by atoms with E-state index in [1.807, 2.05) is 4.90 Å². The molecule has 1 atom stereocenters. The quantitative estimate of drug-likeness (QED) is 0.839. The van der Waals surface area contributed by atoms with Crippen molar-refractivity contribution in [2.75, 3.05) is 18.8 Å². The number of carbonyl (C=O) groups is 2. The number of aromatic nitrogens is 1. The molecule has 0 unspecified atom stereocenters. The number of rotatable bonds is 4. The number of likely N-dealkylation sites (tertiary alicyclic amines) is 1. The Morgan fingerprint density at radius 3 is 3.00 bits per heavy atom. The summed E-state index contributed by atoms with van der Waals surface area (Å²) in [6.07, 6.45) is 2.79. The number of hydrogen-bond donors (Lipinski definition) is 2. The lowest BCUT2D eigenvalue weighted by Gasteiger charge is -2.15. The summed E-state index contributed by atoms with van der Waals surface area (Å²) < 4.78 is 0. The Morgan fingerprint density at radius 1 is 1.58 bits per heavy atom. The van der Waals surface area contributed by atoms with Crippen molar-refractivity contribution in [3.63, 3.8) is 0 Å². The van der Waals surface area contributed by atoms with Crippen LogP contribution in [0.3, 0.4) is 0 Å². The van der Waals surface area contributed by atoms with Gasteiger partial charge in [-0.3, -0.25) is 9.59 Å². The Kier molecular flexibility index (Phi) is 3.14. The van der Waals surface area contributed by atoms with Crippen LogP contribution < -0.4 is 11.1 Å². The van der Waals surface area contributed by atoms with Crippen LogP contribution in [-0.4, -0.2) is 40.8 Å². The Labute approximate surface area is 115 Å². The van der Waals surface area contributed by atoms with Crippen molar-refractivity contribution in [2.45, 2.75) is 25.3 Å². The second-order valence-corrected chi connectivity index (χ2v) is 6.02. The molecule has 1 saturated carbocycles. The Morgan fingerprint density at radius 2 is 2.37 bits per heavy atom. The Balaban J connectivity index is 1.50. The maximum Gasteiger partial charge on any atom is 0.270 e. The third kappa shape index (κ3) is 2.70. The van der Waals surface area contributed by atoms with Gasteiger partial charge in [-0.25, -0.2) is 4.98 Å². The standard InChI is InChI=1S/C12H16N4O2S/c13-12-15-9(6-19-12)11(18)14-4-7-3-10(17)16(5-7)8-1-2-8/h6-8H,1-5H2,(H2,13,15)(H,14,18)/t7-/m1/s1.